The minimum atomic E-state index is -0.623. The van der Waals surface area contributed by atoms with Gasteiger partial charge in [-0.25, -0.2) is 4.79 Å². The van der Waals surface area contributed by atoms with Gasteiger partial charge in [0, 0.05) is 32.7 Å². The predicted molar refractivity (Wildman–Crippen MR) is 75.2 cm³/mol. The number of hydrogen-bond acceptors (Lipinski definition) is 4. The molecule has 1 N–H and O–H groups in total. The molecule has 5 heteroatoms. The number of carbonyl (C=O) groups excluding carboxylic acids is 1. The Bertz CT molecular complexity index is 297. The Morgan fingerprint density at radius 3 is 2.05 bits per heavy atom. The number of rotatable bonds is 3. The van der Waals surface area contributed by atoms with Crippen LogP contribution >= 0.6 is 0 Å². The highest BCUT2D eigenvalue weighted by atomic mass is 16.6. The van der Waals surface area contributed by atoms with E-state index in [4.69, 9.17) is 4.74 Å². The van der Waals surface area contributed by atoms with Gasteiger partial charge in [0.15, 0.2) is 0 Å². The topological polar surface area (TPSA) is 53.0 Å². The zero-order valence-corrected chi connectivity index (χ0v) is 12.9. The van der Waals surface area contributed by atoms with Crippen LogP contribution in [0.15, 0.2) is 0 Å². The van der Waals surface area contributed by atoms with Crippen molar-refractivity contribution in [2.75, 3.05) is 32.7 Å². The van der Waals surface area contributed by atoms with Gasteiger partial charge in [-0.3, -0.25) is 4.90 Å². The predicted octanol–water partition coefficient (Wildman–Crippen LogP) is 1.70. The summed E-state index contributed by atoms with van der Waals surface area (Å²) in [7, 11) is 0. The molecule has 112 valence electrons. The molecule has 19 heavy (non-hydrogen) atoms. The van der Waals surface area contributed by atoms with Crippen LogP contribution in [-0.2, 0) is 4.74 Å². The number of ether oxygens (including phenoxy) is 1. The molecule has 0 bridgehead atoms. The first-order chi connectivity index (χ1) is 8.57. The van der Waals surface area contributed by atoms with Crippen molar-refractivity contribution in [3.63, 3.8) is 0 Å². The second-order valence-corrected chi connectivity index (χ2v) is 6.87. The molecule has 0 aromatic rings. The van der Waals surface area contributed by atoms with Crippen molar-refractivity contribution in [3.8, 4) is 0 Å². The lowest BCUT2D eigenvalue weighted by Crippen LogP contribution is -2.50. The maximum atomic E-state index is 11.9. The molecule has 0 saturated carbocycles. The summed E-state index contributed by atoms with van der Waals surface area (Å²) < 4.78 is 5.36. The van der Waals surface area contributed by atoms with Gasteiger partial charge >= 0.3 is 6.09 Å². The highest BCUT2D eigenvalue weighted by molar-refractivity contribution is 5.68. The maximum Gasteiger partial charge on any atom is 0.410 e. The van der Waals surface area contributed by atoms with Gasteiger partial charge in [0.2, 0.25) is 0 Å². The summed E-state index contributed by atoms with van der Waals surface area (Å²) >= 11 is 0. The molecule has 0 aliphatic carbocycles. The molecule has 0 atom stereocenters. The van der Waals surface area contributed by atoms with Crippen molar-refractivity contribution in [2.45, 2.75) is 52.2 Å². The van der Waals surface area contributed by atoms with Gasteiger partial charge in [0.1, 0.15) is 5.60 Å². The van der Waals surface area contributed by atoms with E-state index in [1.807, 2.05) is 34.6 Å². The first kappa shape index (κ1) is 16.2. The monoisotopic (exact) mass is 272 g/mol. The lowest BCUT2D eigenvalue weighted by atomic mass is 10.1. The number of aliphatic hydroxyl groups is 1. The normalized spacial score (nSPS) is 18.5. The third-order valence-electron chi connectivity index (χ3n) is 3.06. The first-order valence-electron chi connectivity index (χ1n) is 6.99. The highest BCUT2D eigenvalue weighted by Gasteiger charge is 2.26. The van der Waals surface area contributed by atoms with Gasteiger partial charge in [0.05, 0.1) is 5.60 Å². The van der Waals surface area contributed by atoms with Crippen molar-refractivity contribution < 1.29 is 14.6 Å². The molecule has 1 saturated heterocycles. The molecule has 1 aliphatic rings. The minimum Gasteiger partial charge on any atom is -0.444 e. The second kappa shape index (κ2) is 6.09. The molecule has 1 fully saturated rings. The molecule has 0 spiro atoms. The Labute approximate surface area is 116 Å². The van der Waals surface area contributed by atoms with Crippen LogP contribution in [0.5, 0.6) is 0 Å². The Kier molecular flexibility index (Phi) is 5.21. The molecule has 0 aromatic heterocycles. The fourth-order valence-electron chi connectivity index (χ4n) is 1.91. The highest BCUT2D eigenvalue weighted by Crippen LogP contribution is 2.13. The van der Waals surface area contributed by atoms with E-state index >= 15 is 0 Å². The number of nitrogens with zero attached hydrogens (tertiary/aromatic N) is 2. The summed E-state index contributed by atoms with van der Waals surface area (Å²) in [5.41, 5.74) is -1.06. The van der Waals surface area contributed by atoms with Crippen LogP contribution in [-0.4, -0.2) is 64.9 Å². The molecule has 1 heterocycles. The fraction of sp³-hybridized carbons (Fsp3) is 0.929. The van der Waals surface area contributed by atoms with Crippen LogP contribution in [0.2, 0.25) is 0 Å². The van der Waals surface area contributed by atoms with E-state index in [9.17, 15) is 9.90 Å². The Morgan fingerprint density at radius 2 is 1.63 bits per heavy atom. The fourth-order valence-corrected chi connectivity index (χ4v) is 1.91. The average Bonchev–Trinajstić information content (AvgIpc) is 2.23. The van der Waals surface area contributed by atoms with Crippen LogP contribution in [0.25, 0.3) is 0 Å². The first-order valence-corrected chi connectivity index (χ1v) is 6.99. The Morgan fingerprint density at radius 1 is 1.11 bits per heavy atom. The molecule has 0 aromatic carbocycles. The Balaban J connectivity index is 2.31. The smallest absolute Gasteiger partial charge is 0.410 e. The van der Waals surface area contributed by atoms with Crippen molar-refractivity contribution in [3.05, 3.63) is 0 Å². The van der Waals surface area contributed by atoms with E-state index in [2.05, 4.69) is 4.90 Å². The number of piperazine rings is 1. The molecule has 0 unspecified atom stereocenters. The van der Waals surface area contributed by atoms with Gasteiger partial charge in [-0.05, 0) is 41.0 Å². The third-order valence-corrected chi connectivity index (χ3v) is 3.06. The summed E-state index contributed by atoms with van der Waals surface area (Å²) in [5.74, 6) is 0. The number of carbonyl (C=O) groups is 1. The van der Waals surface area contributed by atoms with Crippen LogP contribution in [0, 0.1) is 0 Å². The zero-order chi connectivity index (χ0) is 14.7. The second-order valence-electron chi connectivity index (χ2n) is 6.87. The van der Waals surface area contributed by atoms with E-state index in [1.54, 1.807) is 4.90 Å². The van der Waals surface area contributed by atoms with E-state index in [0.29, 0.717) is 13.1 Å². The van der Waals surface area contributed by atoms with Gasteiger partial charge in [-0.2, -0.15) is 0 Å². The molecule has 0 radical (unpaired) electrons. The van der Waals surface area contributed by atoms with Crippen molar-refractivity contribution in [2.24, 2.45) is 0 Å². The van der Waals surface area contributed by atoms with Gasteiger partial charge in [0.25, 0.3) is 0 Å². The summed E-state index contributed by atoms with van der Waals surface area (Å²) in [4.78, 5) is 15.9. The lowest BCUT2D eigenvalue weighted by Gasteiger charge is -2.36. The van der Waals surface area contributed by atoms with E-state index in [-0.39, 0.29) is 6.09 Å². The number of hydrogen-bond donors (Lipinski definition) is 1. The maximum absolute atomic E-state index is 11.9. The lowest BCUT2D eigenvalue weighted by molar-refractivity contribution is 0.00992. The van der Waals surface area contributed by atoms with Gasteiger partial charge in [-0.15, -0.1) is 0 Å². The molecular weight excluding hydrogens is 244 g/mol. The van der Waals surface area contributed by atoms with Crippen LogP contribution in [0.4, 0.5) is 4.79 Å². The minimum absolute atomic E-state index is 0.227. The summed E-state index contributed by atoms with van der Waals surface area (Å²) in [6, 6.07) is 0. The quantitative estimate of drug-likeness (QED) is 0.849. The average molecular weight is 272 g/mol. The van der Waals surface area contributed by atoms with E-state index in [1.165, 1.54) is 0 Å². The summed E-state index contributed by atoms with van der Waals surface area (Å²) in [6.45, 7) is 13.2. The van der Waals surface area contributed by atoms with Gasteiger partial charge < -0.3 is 14.7 Å². The largest absolute Gasteiger partial charge is 0.444 e. The molecule has 1 amide bonds. The number of amides is 1. The van der Waals surface area contributed by atoms with Crippen molar-refractivity contribution in [1.82, 2.24) is 9.80 Å². The zero-order valence-electron chi connectivity index (χ0n) is 12.9. The molecule has 5 nitrogen and oxygen atoms in total. The SMILES string of the molecule is CC(C)(O)CCN1CCN(C(=O)OC(C)(C)C)CC1. The summed E-state index contributed by atoms with van der Waals surface area (Å²) in [5, 5.41) is 9.70. The van der Waals surface area contributed by atoms with Crippen LogP contribution < -0.4 is 0 Å². The standard InChI is InChI=1S/C14H28N2O3/c1-13(2,3)19-12(17)16-10-8-15(9-11-16)7-6-14(4,5)18/h18H,6-11H2,1-5H3. The molecular formula is C14H28N2O3. The van der Waals surface area contributed by atoms with Gasteiger partial charge in [-0.1, -0.05) is 0 Å². The third kappa shape index (κ3) is 6.78. The van der Waals surface area contributed by atoms with Crippen molar-refractivity contribution >= 4 is 6.09 Å². The van der Waals surface area contributed by atoms with Crippen LogP contribution in [0.3, 0.4) is 0 Å². The molecule has 1 aliphatic heterocycles. The van der Waals surface area contributed by atoms with E-state index < -0.39 is 11.2 Å². The van der Waals surface area contributed by atoms with Crippen molar-refractivity contribution in [1.29, 1.82) is 0 Å². The molecule has 1 rings (SSSR count). The summed E-state index contributed by atoms with van der Waals surface area (Å²) in [6.07, 6.45) is 0.522. The van der Waals surface area contributed by atoms with Crippen LogP contribution in [0.1, 0.15) is 41.0 Å². The Hall–Kier alpha value is -0.810. The van der Waals surface area contributed by atoms with E-state index in [0.717, 1.165) is 26.1 Å².